The summed E-state index contributed by atoms with van der Waals surface area (Å²) in [6.07, 6.45) is 0. The summed E-state index contributed by atoms with van der Waals surface area (Å²) >= 11 is 1.59. The van der Waals surface area contributed by atoms with E-state index in [0.717, 1.165) is 4.88 Å². The number of ether oxygens (including phenoxy) is 2. The van der Waals surface area contributed by atoms with Crippen molar-refractivity contribution in [1.82, 2.24) is 5.32 Å². The molecule has 22 heavy (non-hydrogen) atoms. The van der Waals surface area contributed by atoms with E-state index in [1.807, 2.05) is 24.4 Å². The molecule has 0 unspecified atom stereocenters. The van der Waals surface area contributed by atoms with Crippen molar-refractivity contribution in [2.24, 2.45) is 0 Å². The predicted molar refractivity (Wildman–Crippen MR) is 84.2 cm³/mol. The Balaban J connectivity index is 1.87. The fraction of sp³-hybridized carbons (Fsp3) is 0.250. The summed E-state index contributed by atoms with van der Waals surface area (Å²) in [5, 5.41) is 4.82. The van der Waals surface area contributed by atoms with Crippen LogP contribution in [0.2, 0.25) is 0 Å². The second kappa shape index (κ2) is 7.61. The maximum atomic E-state index is 11.9. The molecule has 5 nitrogen and oxygen atoms in total. The third-order valence-electron chi connectivity index (χ3n) is 2.97. The number of benzene rings is 1. The molecule has 1 heterocycles. The molecule has 1 aromatic heterocycles. The first kappa shape index (κ1) is 16.0. The summed E-state index contributed by atoms with van der Waals surface area (Å²) in [4.78, 5) is 24.4. The number of amides is 1. The van der Waals surface area contributed by atoms with Gasteiger partial charge in [-0.05, 0) is 36.6 Å². The summed E-state index contributed by atoms with van der Waals surface area (Å²) in [6, 6.07) is 10.4. The SMILES string of the molecule is COC(=O)c1cccc(OCC(=O)N[C@@H](C)c2cccs2)c1. The third-order valence-corrected chi connectivity index (χ3v) is 4.03. The molecule has 0 saturated carbocycles. The van der Waals surface area contributed by atoms with Crippen LogP contribution in [0.15, 0.2) is 41.8 Å². The highest BCUT2D eigenvalue weighted by Gasteiger charge is 2.11. The van der Waals surface area contributed by atoms with Crippen LogP contribution in [-0.2, 0) is 9.53 Å². The molecule has 1 aromatic carbocycles. The zero-order chi connectivity index (χ0) is 15.9. The number of hydrogen-bond acceptors (Lipinski definition) is 5. The molecule has 2 aromatic rings. The molecule has 0 bridgehead atoms. The molecule has 1 atom stereocenters. The normalized spacial score (nSPS) is 11.5. The molecule has 0 aliphatic heterocycles. The van der Waals surface area contributed by atoms with Gasteiger partial charge >= 0.3 is 5.97 Å². The molecule has 0 fully saturated rings. The average Bonchev–Trinajstić information content (AvgIpc) is 3.07. The lowest BCUT2D eigenvalue weighted by atomic mass is 10.2. The van der Waals surface area contributed by atoms with Crippen molar-refractivity contribution in [1.29, 1.82) is 0 Å². The summed E-state index contributed by atoms with van der Waals surface area (Å²) in [7, 11) is 1.31. The van der Waals surface area contributed by atoms with Gasteiger partial charge in [-0.2, -0.15) is 0 Å². The minimum absolute atomic E-state index is 0.0579. The van der Waals surface area contributed by atoms with Crippen LogP contribution in [0.4, 0.5) is 0 Å². The molecule has 0 spiro atoms. The maximum Gasteiger partial charge on any atom is 0.337 e. The van der Waals surface area contributed by atoms with E-state index >= 15 is 0 Å². The highest BCUT2D eigenvalue weighted by Crippen LogP contribution is 2.18. The second-order valence-electron chi connectivity index (χ2n) is 4.61. The number of nitrogens with one attached hydrogen (secondary N) is 1. The van der Waals surface area contributed by atoms with E-state index in [1.165, 1.54) is 7.11 Å². The van der Waals surface area contributed by atoms with Gasteiger partial charge in [0.25, 0.3) is 5.91 Å². The lowest BCUT2D eigenvalue weighted by Crippen LogP contribution is -2.30. The van der Waals surface area contributed by atoms with Crippen LogP contribution in [0.25, 0.3) is 0 Å². The topological polar surface area (TPSA) is 64.6 Å². The van der Waals surface area contributed by atoms with Crippen molar-refractivity contribution >= 4 is 23.2 Å². The van der Waals surface area contributed by atoms with Crippen LogP contribution in [0.3, 0.4) is 0 Å². The first-order valence-electron chi connectivity index (χ1n) is 6.74. The smallest absolute Gasteiger partial charge is 0.337 e. The Morgan fingerprint density at radius 3 is 2.77 bits per heavy atom. The minimum atomic E-state index is -0.443. The van der Waals surface area contributed by atoms with E-state index in [2.05, 4.69) is 10.1 Å². The van der Waals surface area contributed by atoms with Gasteiger partial charge in [-0.3, -0.25) is 4.79 Å². The molecule has 116 valence electrons. The van der Waals surface area contributed by atoms with Gasteiger partial charge in [-0.25, -0.2) is 4.79 Å². The summed E-state index contributed by atoms with van der Waals surface area (Å²) in [5.74, 6) is -0.215. The molecule has 1 amide bonds. The largest absolute Gasteiger partial charge is 0.484 e. The van der Waals surface area contributed by atoms with Gasteiger partial charge in [0.15, 0.2) is 6.61 Å². The van der Waals surface area contributed by atoms with E-state index in [-0.39, 0.29) is 18.6 Å². The van der Waals surface area contributed by atoms with E-state index in [9.17, 15) is 9.59 Å². The van der Waals surface area contributed by atoms with Crippen LogP contribution < -0.4 is 10.1 Å². The molecule has 0 aliphatic rings. The van der Waals surface area contributed by atoms with Crippen molar-refractivity contribution < 1.29 is 19.1 Å². The molecule has 1 N–H and O–H groups in total. The van der Waals surface area contributed by atoms with Crippen molar-refractivity contribution in [3.8, 4) is 5.75 Å². The fourth-order valence-corrected chi connectivity index (χ4v) is 2.61. The number of rotatable bonds is 6. The molecule has 0 saturated heterocycles. The number of methoxy groups -OCH3 is 1. The summed E-state index contributed by atoms with van der Waals surface area (Å²) in [6.45, 7) is 1.81. The number of esters is 1. The van der Waals surface area contributed by atoms with Gasteiger partial charge < -0.3 is 14.8 Å². The van der Waals surface area contributed by atoms with E-state index in [1.54, 1.807) is 35.6 Å². The molecule has 0 aliphatic carbocycles. The van der Waals surface area contributed by atoms with E-state index < -0.39 is 5.97 Å². The standard InChI is InChI=1S/C16H17NO4S/c1-11(14-7-4-8-22-14)17-15(18)10-21-13-6-3-5-12(9-13)16(19)20-2/h3-9,11H,10H2,1-2H3,(H,17,18)/t11-/m0/s1. The highest BCUT2D eigenvalue weighted by molar-refractivity contribution is 7.10. The Morgan fingerprint density at radius 1 is 1.27 bits per heavy atom. The van der Waals surface area contributed by atoms with E-state index in [4.69, 9.17) is 4.74 Å². The van der Waals surface area contributed by atoms with Crippen LogP contribution in [0.1, 0.15) is 28.2 Å². The van der Waals surface area contributed by atoms with Crippen LogP contribution in [0.5, 0.6) is 5.75 Å². The zero-order valence-electron chi connectivity index (χ0n) is 12.4. The maximum absolute atomic E-state index is 11.9. The Labute approximate surface area is 132 Å². The molecule has 2 rings (SSSR count). The van der Waals surface area contributed by atoms with Gasteiger partial charge in [0, 0.05) is 4.88 Å². The van der Waals surface area contributed by atoms with Crippen molar-refractivity contribution in [2.45, 2.75) is 13.0 Å². The first-order chi connectivity index (χ1) is 10.6. The fourth-order valence-electron chi connectivity index (χ4n) is 1.87. The van der Waals surface area contributed by atoms with Crippen molar-refractivity contribution in [3.05, 3.63) is 52.2 Å². The van der Waals surface area contributed by atoms with Gasteiger partial charge in [0.05, 0.1) is 18.7 Å². The number of carbonyl (C=O) groups excluding carboxylic acids is 2. The number of thiophene rings is 1. The third kappa shape index (κ3) is 4.33. The zero-order valence-corrected chi connectivity index (χ0v) is 13.2. The van der Waals surface area contributed by atoms with Gasteiger partial charge in [0.1, 0.15) is 5.75 Å². The summed E-state index contributed by atoms with van der Waals surface area (Å²) in [5.41, 5.74) is 0.382. The number of carbonyl (C=O) groups is 2. The minimum Gasteiger partial charge on any atom is -0.484 e. The number of hydrogen-bond donors (Lipinski definition) is 1. The lowest BCUT2D eigenvalue weighted by molar-refractivity contribution is -0.123. The van der Waals surface area contributed by atoms with Crippen molar-refractivity contribution in [2.75, 3.05) is 13.7 Å². The lowest BCUT2D eigenvalue weighted by Gasteiger charge is -2.13. The van der Waals surface area contributed by atoms with Gasteiger partial charge in [-0.1, -0.05) is 12.1 Å². The van der Waals surface area contributed by atoms with E-state index in [0.29, 0.717) is 11.3 Å². The Bertz CT molecular complexity index is 639. The van der Waals surface area contributed by atoms with Gasteiger partial charge in [-0.15, -0.1) is 11.3 Å². The quantitative estimate of drug-likeness (QED) is 0.832. The molecular weight excluding hydrogens is 302 g/mol. The van der Waals surface area contributed by atoms with Crippen molar-refractivity contribution in [3.63, 3.8) is 0 Å². The Hall–Kier alpha value is -2.34. The Morgan fingerprint density at radius 2 is 2.09 bits per heavy atom. The Kier molecular flexibility index (Phi) is 5.55. The molecular formula is C16H17NO4S. The average molecular weight is 319 g/mol. The van der Waals surface area contributed by atoms with Crippen LogP contribution >= 0.6 is 11.3 Å². The second-order valence-corrected chi connectivity index (χ2v) is 5.59. The first-order valence-corrected chi connectivity index (χ1v) is 7.62. The monoisotopic (exact) mass is 319 g/mol. The highest BCUT2D eigenvalue weighted by atomic mass is 32.1. The van der Waals surface area contributed by atoms with Crippen LogP contribution in [0, 0.1) is 0 Å². The van der Waals surface area contributed by atoms with Crippen LogP contribution in [-0.4, -0.2) is 25.6 Å². The van der Waals surface area contributed by atoms with Gasteiger partial charge in [0.2, 0.25) is 0 Å². The predicted octanol–water partition coefficient (Wildman–Crippen LogP) is 2.79. The summed E-state index contributed by atoms with van der Waals surface area (Å²) < 4.78 is 10.0. The molecule has 0 radical (unpaired) electrons. The molecule has 6 heteroatoms.